The summed E-state index contributed by atoms with van der Waals surface area (Å²) in [6, 6.07) is 20.2. The van der Waals surface area contributed by atoms with E-state index in [1.807, 2.05) is 66.9 Å². The fourth-order valence-corrected chi connectivity index (χ4v) is 3.54. The van der Waals surface area contributed by atoms with E-state index >= 15 is 0 Å². The van der Waals surface area contributed by atoms with Crippen LogP contribution in [-0.2, 0) is 14.3 Å². The molecule has 1 fully saturated rings. The van der Waals surface area contributed by atoms with Crippen LogP contribution in [0.5, 0.6) is 0 Å². The smallest absolute Gasteiger partial charge is 0.315 e. The lowest BCUT2D eigenvalue weighted by molar-refractivity contribution is -0.146. The van der Waals surface area contributed by atoms with E-state index in [9.17, 15) is 9.59 Å². The van der Waals surface area contributed by atoms with Gasteiger partial charge in [-0.15, -0.1) is 0 Å². The van der Waals surface area contributed by atoms with Crippen molar-refractivity contribution in [1.82, 2.24) is 4.90 Å². The fourth-order valence-electron chi connectivity index (χ4n) is 3.54. The van der Waals surface area contributed by atoms with Crippen LogP contribution in [0.2, 0.25) is 0 Å². The zero-order chi connectivity index (χ0) is 19.1. The highest BCUT2D eigenvalue weighted by atomic mass is 16.5. The molecule has 2 aromatic rings. The number of ether oxygens (including phenoxy) is 1. The number of hydrogen-bond donors (Lipinski definition) is 0. The average molecular weight is 363 g/mol. The Morgan fingerprint density at radius 3 is 1.96 bits per heavy atom. The summed E-state index contributed by atoms with van der Waals surface area (Å²) in [7, 11) is 1.31. The second-order valence-corrected chi connectivity index (χ2v) is 6.77. The number of esters is 1. The number of hydrogen-bond acceptors (Lipinski definition) is 3. The molecule has 1 aliphatic rings. The summed E-state index contributed by atoms with van der Waals surface area (Å²) in [6.45, 7) is 0. The third-order valence-corrected chi connectivity index (χ3v) is 4.97. The summed E-state index contributed by atoms with van der Waals surface area (Å²) >= 11 is 0. The Hall–Kier alpha value is -2.88. The van der Waals surface area contributed by atoms with Crippen molar-refractivity contribution in [3.05, 3.63) is 78.0 Å². The van der Waals surface area contributed by atoms with Crippen molar-refractivity contribution in [1.29, 1.82) is 0 Å². The van der Waals surface area contributed by atoms with Crippen molar-refractivity contribution in [2.45, 2.75) is 38.1 Å². The van der Waals surface area contributed by atoms with Crippen molar-refractivity contribution in [3.8, 4) is 0 Å². The lowest BCUT2D eigenvalue weighted by atomic mass is 9.98. The highest BCUT2D eigenvalue weighted by Gasteiger charge is 2.27. The fraction of sp³-hybridized carbons (Fsp3) is 0.304. The van der Waals surface area contributed by atoms with Gasteiger partial charge in [0.2, 0.25) is 5.91 Å². The quantitative estimate of drug-likeness (QED) is 0.564. The topological polar surface area (TPSA) is 46.6 Å². The van der Waals surface area contributed by atoms with Crippen LogP contribution in [0.15, 0.2) is 66.9 Å². The standard InChI is InChI=1S/C23H25NO3/c1-27-23(26)16-22(25)24(20-14-8-9-15-20)17-21(18-10-4-2-5-11-18)19-12-6-3-7-13-19/h2-7,10-13,17,20H,8-9,14-16H2,1H3. The van der Waals surface area contributed by atoms with Crippen molar-refractivity contribution in [2.24, 2.45) is 0 Å². The molecule has 0 unspecified atom stereocenters. The summed E-state index contributed by atoms with van der Waals surface area (Å²) in [6.07, 6.45) is 5.81. The van der Waals surface area contributed by atoms with Crippen molar-refractivity contribution in [2.75, 3.05) is 7.11 Å². The lowest BCUT2D eigenvalue weighted by Crippen LogP contribution is -2.36. The van der Waals surface area contributed by atoms with Gasteiger partial charge in [-0.2, -0.15) is 0 Å². The van der Waals surface area contributed by atoms with Crippen LogP contribution >= 0.6 is 0 Å². The summed E-state index contributed by atoms with van der Waals surface area (Å²) in [5.41, 5.74) is 3.05. The molecule has 1 aliphatic carbocycles. The highest BCUT2D eigenvalue weighted by molar-refractivity contribution is 5.95. The van der Waals surface area contributed by atoms with E-state index in [-0.39, 0.29) is 18.4 Å². The van der Waals surface area contributed by atoms with Gasteiger partial charge in [0, 0.05) is 17.8 Å². The van der Waals surface area contributed by atoms with E-state index in [2.05, 4.69) is 0 Å². The molecule has 0 atom stereocenters. The molecule has 0 saturated heterocycles. The van der Waals surface area contributed by atoms with Gasteiger partial charge in [0.15, 0.2) is 0 Å². The molecule has 0 aromatic heterocycles. The van der Waals surface area contributed by atoms with E-state index in [0.717, 1.165) is 42.4 Å². The molecule has 0 N–H and O–H groups in total. The van der Waals surface area contributed by atoms with Crippen LogP contribution < -0.4 is 0 Å². The Kier molecular flexibility index (Phi) is 6.42. The summed E-state index contributed by atoms with van der Waals surface area (Å²) in [4.78, 5) is 26.3. The van der Waals surface area contributed by atoms with Crippen LogP contribution in [-0.4, -0.2) is 29.9 Å². The summed E-state index contributed by atoms with van der Waals surface area (Å²) in [5, 5.41) is 0. The number of carbonyl (C=O) groups excluding carboxylic acids is 2. The third kappa shape index (κ3) is 4.85. The largest absolute Gasteiger partial charge is 0.469 e. The number of rotatable bonds is 6. The molecular weight excluding hydrogens is 338 g/mol. The van der Waals surface area contributed by atoms with Crippen molar-refractivity contribution >= 4 is 17.4 Å². The summed E-state index contributed by atoms with van der Waals surface area (Å²) in [5.74, 6) is -0.713. The number of nitrogens with zero attached hydrogens (tertiary/aromatic N) is 1. The van der Waals surface area contributed by atoms with Gasteiger partial charge in [0.25, 0.3) is 0 Å². The molecular formula is C23H25NO3. The summed E-state index contributed by atoms with van der Waals surface area (Å²) < 4.78 is 4.70. The minimum atomic E-state index is -0.502. The Morgan fingerprint density at radius 2 is 1.48 bits per heavy atom. The van der Waals surface area contributed by atoms with Crippen LogP contribution in [0.4, 0.5) is 0 Å². The van der Waals surface area contributed by atoms with E-state index in [1.165, 1.54) is 7.11 Å². The molecule has 0 bridgehead atoms. The molecule has 140 valence electrons. The van der Waals surface area contributed by atoms with Gasteiger partial charge in [-0.3, -0.25) is 9.59 Å². The normalized spacial score (nSPS) is 13.8. The number of methoxy groups -OCH3 is 1. The van der Waals surface area contributed by atoms with Gasteiger partial charge >= 0.3 is 5.97 Å². The minimum absolute atomic E-state index is 0.129. The van der Waals surface area contributed by atoms with Gasteiger partial charge < -0.3 is 9.64 Å². The predicted molar refractivity (Wildman–Crippen MR) is 106 cm³/mol. The van der Waals surface area contributed by atoms with Crippen LogP contribution in [0.25, 0.3) is 5.57 Å². The molecule has 1 saturated carbocycles. The monoisotopic (exact) mass is 363 g/mol. The minimum Gasteiger partial charge on any atom is -0.469 e. The molecule has 0 aliphatic heterocycles. The molecule has 0 spiro atoms. The van der Waals surface area contributed by atoms with Crippen molar-refractivity contribution < 1.29 is 14.3 Å². The first kappa shape index (κ1) is 18.9. The van der Waals surface area contributed by atoms with Gasteiger partial charge in [0.1, 0.15) is 6.42 Å². The molecule has 0 heterocycles. The second-order valence-electron chi connectivity index (χ2n) is 6.77. The highest BCUT2D eigenvalue weighted by Crippen LogP contribution is 2.29. The van der Waals surface area contributed by atoms with Crippen LogP contribution in [0, 0.1) is 0 Å². The average Bonchev–Trinajstić information content (AvgIpc) is 3.24. The molecule has 2 aromatic carbocycles. The second kappa shape index (κ2) is 9.17. The molecule has 3 rings (SSSR count). The lowest BCUT2D eigenvalue weighted by Gasteiger charge is -2.27. The number of amides is 1. The third-order valence-electron chi connectivity index (χ3n) is 4.97. The van der Waals surface area contributed by atoms with Crippen molar-refractivity contribution in [3.63, 3.8) is 0 Å². The predicted octanol–water partition coefficient (Wildman–Crippen LogP) is 4.41. The maximum absolute atomic E-state index is 12.9. The van der Waals surface area contributed by atoms with E-state index < -0.39 is 5.97 Å². The SMILES string of the molecule is COC(=O)CC(=O)N(C=C(c1ccccc1)c1ccccc1)C1CCCC1. The molecule has 27 heavy (non-hydrogen) atoms. The first-order valence-corrected chi connectivity index (χ1v) is 9.39. The van der Waals surface area contributed by atoms with Crippen LogP contribution in [0.1, 0.15) is 43.2 Å². The first-order chi connectivity index (χ1) is 13.2. The molecule has 0 radical (unpaired) electrons. The first-order valence-electron chi connectivity index (χ1n) is 9.39. The van der Waals surface area contributed by atoms with Gasteiger partial charge in [-0.25, -0.2) is 0 Å². The Morgan fingerprint density at radius 1 is 0.963 bits per heavy atom. The molecule has 4 nitrogen and oxygen atoms in total. The van der Waals surface area contributed by atoms with E-state index in [1.54, 1.807) is 4.90 Å². The Balaban J connectivity index is 2.02. The maximum Gasteiger partial charge on any atom is 0.315 e. The van der Waals surface area contributed by atoms with Crippen LogP contribution in [0.3, 0.4) is 0 Å². The molecule has 4 heteroatoms. The zero-order valence-corrected chi connectivity index (χ0v) is 15.6. The van der Waals surface area contributed by atoms with E-state index in [4.69, 9.17) is 4.74 Å². The van der Waals surface area contributed by atoms with Gasteiger partial charge in [-0.1, -0.05) is 73.5 Å². The molecule has 1 amide bonds. The zero-order valence-electron chi connectivity index (χ0n) is 15.6. The number of carbonyl (C=O) groups is 2. The van der Waals surface area contributed by atoms with Gasteiger partial charge in [-0.05, 0) is 24.0 Å². The van der Waals surface area contributed by atoms with Gasteiger partial charge in [0.05, 0.1) is 7.11 Å². The van der Waals surface area contributed by atoms with E-state index in [0.29, 0.717) is 0 Å². The maximum atomic E-state index is 12.9. The number of benzene rings is 2. The Bertz CT molecular complexity index is 751. The Labute approximate surface area is 160 Å².